The minimum absolute atomic E-state index is 0.147. The maximum Gasteiger partial charge on any atom is 0.291 e. The molecule has 202 valence electrons. The van der Waals surface area contributed by atoms with Gasteiger partial charge in [0.25, 0.3) is 6.43 Å². The fourth-order valence-electron chi connectivity index (χ4n) is 3.64. The fourth-order valence-corrected chi connectivity index (χ4v) is 6.88. The predicted molar refractivity (Wildman–Crippen MR) is 145 cm³/mol. The van der Waals surface area contributed by atoms with Gasteiger partial charge in [0.15, 0.2) is 21.0 Å². The van der Waals surface area contributed by atoms with Crippen LogP contribution in [0.2, 0.25) is 5.15 Å². The van der Waals surface area contributed by atoms with Crippen LogP contribution >= 0.6 is 34.9 Å². The molecule has 0 amide bonds. The maximum atomic E-state index is 13.2. The van der Waals surface area contributed by atoms with E-state index in [0.717, 1.165) is 16.9 Å². The number of alkyl halides is 2. The van der Waals surface area contributed by atoms with Crippen molar-refractivity contribution in [2.45, 2.75) is 34.8 Å². The molecule has 9 nitrogen and oxygen atoms in total. The van der Waals surface area contributed by atoms with Gasteiger partial charge in [-0.25, -0.2) is 27.5 Å². The van der Waals surface area contributed by atoms with E-state index in [9.17, 15) is 18.1 Å². The Kier molecular flexibility index (Phi) is 7.50. The third kappa shape index (κ3) is 5.71. The predicted octanol–water partition coefficient (Wildman–Crippen LogP) is 5.16. The number of imidazole rings is 1. The summed E-state index contributed by atoms with van der Waals surface area (Å²) in [5.41, 5.74) is 1.01. The quantitative estimate of drug-likeness (QED) is 0.169. The summed E-state index contributed by atoms with van der Waals surface area (Å²) in [5.74, 6) is 0.475. The van der Waals surface area contributed by atoms with E-state index in [1.807, 2.05) is 25.1 Å². The average molecular weight is 600 g/mol. The minimum Gasteiger partial charge on any atom is -0.375 e. The molecule has 1 atom stereocenters. The van der Waals surface area contributed by atoms with E-state index in [1.165, 1.54) is 11.9 Å². The third-order valence-corrected chi connectivity index (χ3v) is 9.86. The second kappa shape index (κ2) is 10.4. The van der Waals surface area contributed by atoms with Gasteiger partial charge in [-0.3, -0.25) is 4.40 Å². The van der Waals surface area contributed by atoms with Crippen molar-refractivity contribution >= 4 is 50.1 Å². The van der Waals surface area contributed by atoms with E-state index < -0.39 is 26.9 Å². The maximum absolute atomic E-state index is 13.2. The molecule has 3 N–H and O–H groups in total. The number of hydrogen-bond donors (Lipinski definition) is 3. The molecule has 3 aromatic heterocycles. The summed E-state index contributed by atoms with van der Waals surface area (Å²) in [6, 6.07) is 8.76. The van der Waals surface area contributed by atoms with Crippen molar-refractivity contribution in [1.82, 2.24) is 29.2 Å². The van der Waals surface area contributed by atoms with Crippen LogP contribution in [0.25, 0.3) is 27.5 Å². The van der Waals surface area contributed by atoms with Gasteiger partial charge >= 0.3 is 0 Å². The van der Waals surface area contributed by atoms with Crippen LogP contribution in [-0.2, 0) is 9.73 Å². The molecule has 1 aliphatic rings. The van der Waals surface area contributed by atoms with Crippen molar-refractivity contribution < 1.29 is 18.1 Å². The first-order valence-electron chi connectivity index (χ1n) is 11.5. The van der Waals surface area contributed by atoms with Crippen LogP contribution in [0.1, 0.15) is 24.3 Å². The number of benzene rings is 1. The summed E-state index contributed by atoms with van der Waals surface area (Å²) < 4.78 is 52.4. The number of aliphatic hydroxyl groups is 1. The Labute approximate surface area is 231 Å². The second-order valence-corrected chi connectivity index (χ2v) is 13.7. The van der Waals surface area contributed by atoms with Gasteiger partial charge in [0.1, 0.15) is 5.72 Å². The lowest BCUT2D eigenvalue weighted by molar-refractivity contribution is 0.142. The minimum atomic E-state index is -2.97. The molecule has 15 heteroatoms. The van der Waals surface area contributed by atoms with Crippen LogP contribution in [0.5, 0.6) is 0 Å². The molecule has 3 heterocycles. The van der Waals surface area contributed by atoms with Crippen LogP contribution < -0.4 is 4.72 Å². The van der Waals surface area contributed by atoms with Crippen LogP contribution in [-0.4, -0.2) is 65.9 Å². The van der Waals surface area contributed by atoms with Gasteiger partial charge in [-0.2, -0.15) is 0 Å². The molecule has 0 spiro atoms. The number of nitrogens with zero attached hydrogens (tertiary/aromatic N) is 5. The lowest BCUT2D eigenvalue weighted by atomic mass is 10.1. The smallest absolute Gasteiger partial charge is 0.291 e. The molecule has 1 aliphatic carbocycles. The van der Waals surface area contributed by atoms with E-state index >= 15 is 0 Å². The van der Waals surface area contributed by atoms with E-state index in [1.54, 1.807) is 34.9 Å². The summed E-state index contributed by atoms with van der Waals surface area (Å²) in [4.78, 5) is 7.43. The zero-order valence-corrected chi connectivity index (χ0v) is 23.5. The molecule has 38 heavy (non-hydrogen) atoms. The third-order valence-electron chi connectivity index (χ3n) is 5.94. The number of hydrogen-bond acceptors (Lipinski definition) is 10. The van der Waals surface area contributed by atoms with Crippen molar-refractivity contribution in [2.24, 2.45) is 0 Å². The standard InChI is InChI=1S/C23H24ClF2N7O2S3/c1-32(2)9-10-38(27,35)15-5-3-13(4-6-15)16-11-14(37-31-23(34)7-8-23)12-33-17(16)18(24)28-20(33)22-30-29-21(36-22)19(25)26/h3-6,11-12,19,27,31,34H,7-10H2,1-2H3. The molecule has 0 aliphatic heterocycles. The van der Waals surface area contributed by atoms with Crippen molar-refractivity contribution in [3.8, 4) is 22.0 Å². The first kappa shape index (κ1) is 27.4. The largest absolute Gasteiger partial charge is 0.375 e. The Bertz CT molecular complexity index is 1590. The number of aromatic nitrogens is 4. The average Bonchev–Trinajstić information content (AvgIpc) is 3.26. The van der Waals surface area contributed by atoms with Crippen LogP contribution in [0.4, 0.5) is 8.78 Å². The van der Waals surface area contributed by atoms with E-state index in [-0.39, 0.29) is 21.7 Å². The monoisotopic (exact) mass is 599 g/mol. The van der Waals surface area contributed by atoms with Crippen molar-refractivity contribution in [3.05, 3.63) is 46.7 Å². The number of rotatable bonds is 10. The van der Waals surface area contributed by atoms with Gasteiger partial charge in [0, 0.05) is 33.8 Å². The van der Waals surface area contributed by atoms with Gasteiger partial charge in [-0.05, 0) is 62.6 Å². The lowest BCUT2D eigenvalue weighted by Crippen LogP contribution is -2.23. The molecule has 1 aromatic carbocycles. The molecule has 0 bridgehead atoms. The summed E-state index contributed by atoms with van der Waals surface area (Å²) in [5, 5.41) is 17.6. The van der Waals surface area contributed by atoms with E-state index in [2.05, 4.69) is 19.9 Å². The van der Waals surface area contributed by atoms with E-state index in [4.69, 9.17) is 16.4 Å². The molecule has 5 rings (SSSR count). The Morgan fingerprint density at radius 3 is 2.63 bits per heavy atom. The van der Waals surface area contributed by atoms with Gasteiger partial charge in [0.05, 0.1) is 15.2 Å². The van der Waals surface area contributed by atoms with Gasteiger partial charge in [0.2, 0.25) is 0 Å². The highest BCUT2D eigenvalue weighted by atomic mass is 35.5. The molecule has 1 unspecified atom stereocenters. The highest BCUT2D eigenvalue weighted by Crippen LogP contribution is 2.40. The highest BCUT2D eigenvalue weighted by molar-refractivity contribution is 7.97. The molecule has 0 radical (unpaired) electrons. The zero-order chi connectivity index (χ0) is 27.2. The van der Waals surface area contributed by atoms with Crippen molar-refractivity contribution in [2.75, 3.05) is 26.4 Å². The Balaban J connectivity index is 1.59. The number of nitrogens with one attached hydrogen (secondary N) is 2. The Morgan fingerprint density at radius 2 is 2.03 bits per heavy atom. The first-order chi connectivity index (χ1) is 18.0. The number of halogens is 3. The van der Waals surface area contributed by atoms with Crippen LogP contribution in [0.15, 0.2) is 46.3 Å². The summed E-state index contributed by atoms with van der Waals surface area (Å²) in [7, 11) is 0.762. The number of fused-ring (bicyclic) bond motifs is 1. The highest BCUT2D eigenvalue weighted by Gasteiger charge is 2.40. The van der Waals surface area contributed by atoms with Crippen molar-refractivity contribution in [3.63, 3.8) is 0 Å². The molecular weight excluding hydrogens is 576 g/mol. The SMILES string of the molecule is CN(C)CCS(=N)(=O)c1ccc(-c2cc(SNC3(O)CC3)cn3c(-c4nnc(C(F)F)s4)nc(Cl)c23)cc1. The Hall–Kier alpha value is -2.20. The van der Waals surface area contributed by atoms with Gasteiger partial charge < -0.3 is 10.0 Å². The van der Waals surface area contributed by atoms with Gasteiger partial charge in [-0.1, -0.05) is 35.1 Å². The van der Waals surface area contributed by atoms with E-state index in [0.29, 0.717) is 40.3 Å². The molecule has 0 saturated heterocycles. The summed E-state index contributed by atoms with van der Waals surface area (Å²) in [6.45, 7) is 0.524. The topological polar surface area (TPSA) is 120 Å². The van der Waals surface area contributed by atoms with Crippen LogP contribution in [0.3, 0.4) is 0 Å². The molecule has 1 fully saturated rings. The molecule has 1 saturated carbocycles. The molecular formula is C23H24ClF2N7O2S3. The summed E-state index contributed by atoms with van der Waals surface area (Å²) in [6.07, 6.45) is 0.267. The number of pyridine rings is 1. The lowest BCUT2D eigenvalue weighted by Gasteiger charge is -2.14. The normalized spacial score (nSPS) is 16.4. The van der Waals surface area contributed by atoms with Crippen molar-refractivity contribution in [1.29, 1.82) is 4.78 Å². The first-order valence-corrected chi connectivity index (χ1v) is 15.2. The second-order valence-electron chi connectivity index (χ2n) is 9.22. The molecule has 4 aromatic rings. The van der Waals surface area contributed by atoms with Gasteiger partial charge in [-0.15, -0.1) is 10.2 Å². The Morgan fingerprint density at radius 1 is 1.32 bits per heavy atom. The summed E-state index contributed by atoms with van der Waals surface area (Å²) >= 11 is 8.54. The zero-order valence-electron chi connectivity index (χ0n) is 20.3. The van der Waals surface area contributed by atoms with Crippen LogP contribution in [0, 0.1) is 4.78 Å². The fraction of sp³-hybridized carbons (Fsp3) is 0.348.